The lowest BCUT2D eigenvalue weighted by molar-refractivity contribution is 0.122. The van der Waals surface area contributed by atoms with Crippen LogP contribution in [0.15, 0.2) is 18.2 Å². The van der Waals surface area contributed by atoms with Gasteiger partial charge in [-0.1, -0.05) is 13.3 Å². The first-order valence-electron chi connectivity index (χ1n) is 10.5. The molecule has 2 fully saturated rings. The second kappa shape index (κ2) is 7.24. The molecule has 3 heterocycles. The molecule has 1 aromatic heterocycles. The molecule has 1 aliphatic carbocycles. The normalized spacial score (nSPS) is 21.8. The Kier molecular flexibility index (Phi) is 4.56. The quantitative estimate of drug-likeness (QED) is 0.826. The fraction of sp³-hybridized carbons (Fsp3) is 0.571. The number of aromatic amines is 1. The molecule has 2 amide bonds. The van der Waals surface area contributed by atoms with E-state index in [0.29, 0.717) is 31.2 Å². The van der Waals surface area contributed by atoms with Crippen LogP contribution in [0.3, 0.4) is 0 Å². The lowest BCUT2D eigenvalue weighted by Gasteiger charge is -2.41. The van der Waals surface area contributed by atoms with Crippen molar-refractivity contribution in [2.75, 3.05) is 31.6 Å². The number of urea groups is 1. The van der Waals surface area contributed by atoms with Gasteiger partial charge >= 0.3 is 6.03 Å². The number of likely N-dealkylation sites (tertiary alicyclic amines) is 1. The maximum absolute atomic E-state index is 13.0. The number of benzene rings is 1. The highest BCUT2D eigenvalue weighted by molar-refractivity contribution is 5.90. The number of carbonyl (C=O) groups excluding carboxylic acids is 1. The van der Waals surface area contributed by atoms with Gasteiger partial charge in [0.25, 0.3) is 0 Å². The van der Waals surface area contributed by atoms with E-state index in [1.165, 1.54) is 6.42 Å². The standard InChI is InChI=1S/C21H27N5O3/c1-2-4-18-23-19(25-24-18)15-12-26(13-21(15)7-3-8-21)20(27)22-14-5-6-16-17(11-14)29-10-9-28-16/h5-6,11,15H,2-4,7-10,12-13H2,1H3,(H,22,27)(H,23,24,25). The van der Waals surface area contributed by atoms with Crippen LogP contribution in [0.2, 0.25) is 0 Å². The number of nitrogens with zero attached hydrogens (tertiary/aromatic N) is 3. The number of carbonyl (C=O) groups is 1. The molecule has 1 atom stereocenters. The smallest absolute Gasteiger partial charge is 0.321 e. The Morgan fingerprint density at radius 1 is 1.31 bits per heavy atom. The average Bonchev–Trinajstić information content (AvgIpc) is 3.32. The maximum Gasteiger partial charge on any atom is 0.321 e. The van der Waals surface area contributed by atoms with E-state index in [-0.39, 0.29) is 17.4 Å². The molecular formula is C21H27N5O3. The zero-order chi connectivity index (χ0) is 19.8. The van der Waals surface area contributed by atoms with E-state index >= 15 is 0 Å². The molecule has 1 saturated carbocycles. The van der Waals surface area contributed by atoms with Gasteiger partial charge in [-0.15, -0.1) is 0 Å². The summed E-state index contributed by atoms with van der Waals surface area (Å²) in [5, 5.41) is 10.6. The minimum Gasteiger partial charge on any atom is -0.486 e. The molecule has 1 spiro atoms. The zero-order valence-electron chi connectivity index (χ0n) is 16.7. The van der Waals surface area contributed by atoms with Gasteiger partial charge in [-0.25, -0.2) is 9.78 Å². The first kappa shape index (κ1) is 18.3. The monoisotopic (exact) mass is 397 g/mol. The van der Waals surface area contributed by atoms with Crippen LogP contribution in [0.5, 0.6) is 11.5 Å². The number of H-pyrrole nitrogens is 1. The topological polar surface area (TPSA) is 92.4 Å². The van der Waals surface area contributed by atoms with Crippen molar-refractivity contribution in [3.8, 4) is 11.5 Å². The van der Waals surface area contributed by atoms with Gasteiger partial charge in [0.1, 0.15) is 19.0 Å². The van der Waals surface area contributed by atoms with Gasteiger partial charge in [-0.3, -0.25) is 5.10 Å². The van der Waals surface area contributed by atoms with Crippen molar-refractivity contribution in [2.24, 2.45) is 5.41 Å². The van der Waals surface area contributed by atoms with Crippen molar-refractivity contribution < 1.29 is 14.3 Å². The molecule has 3 aliphatic rings. The Bertz CT molecular complexity index is 907. The van der Waals surface area contributed by atoms with Gasteiger partial charge in [0.05, 0.1) is 0 Å². The summed E-state index contributed by atoms with van der Waals surface area (Å²) >= 11 is 0. The lowest BCUT2D eigenvalue weighted by atomic mass is 9.62. The van der Waals surface area contributed by atoms with Crippen LogP contribution < -0.4 is 14.8 Å². The van der Waals surface area contributed by atoms with Gasteiger partial charge in [0.2, 0.25) is 0 Å². The third kappa shape index (κ3) is 3.30. The molecule has 1 saturated heterocycles. The van der Waals surface area contributed by atoms with E-state index in [1.807, 2.05) is 23.1 Å². The molecule has 154 valence electrons. The predicted molar refractivity (Wildman–Crippen MR) is 107 cm³/mol. The third-order valence-corrected chi connectivity index (χ3v) is 6.43. The van der Waals surface area contributed by atoms with Crippen LogP contribution in [0.1, 0.15) is 50.2 Å². The molecule has 0 bridgehead atoms. The van der Waals surface area contributed by atoms with Crippen molar-refractivity contribution in [2.45, 2.75) is 44.9 Å². The van der Waals surface area contributed by atoms with E-state index in [2.05, 4.69) is 22.4 Å². The Morgan fingerprint density at radius 3 is 2.90 bits per heavy atom. The van der Waals surface area contributed by atoms with Crippen LogP contribution >= 0.6 is 0 Å². The van der Waals surface area contributed by atoms with Gasteiger partial charge in [-0.2, -0.15) is 5.10 Å². The summed E-state index contributed by atoms with van der Waals surface area (Å²) in [6.45, 7) is 4.62. The zero-order valence-corrected chi connectivity index (χ0v) is 16.7. The number of ether oxygens (including phenoxy) is 2. The molecule has 1 unspecified atom stereocenters. The van der Waals surface area contributed by atoms with Crippen molar-refractivity contribution in [3.05, 3.63) is 29.8 Å². The van der Waals surface area contributed by atoms with E-state index < -0.39 is 0 Å². The largest absolute Gasteiger partial charge is 0.486 e. The van der Waals surface area contributed by atoms with Crippen LogP contribution in [0.4, 0.5) is 10.5 Å². The molecule has 1 aromatic carbocycles. The molecule has 29 heavy (non-hydrogen) atoms. The molecule has 2 aromatic rings. The first-order chi connectivity index (χ1) is 14.2. The second-order valence-corrected chi connectivity index (χ2v) is 8.33. The number of fused-ring (bicyclic) bond motifs is 1. The van der Waals surface area contributed by atoms with E-state index in [1.54, 1.807) is 0 Å². The fourth-order valence-corrected chi connectivity index (χ4v) is 4.75. The van der Waals surface area contributed by atoms with Crippen LogP contribution in [-0.2, 0) is 6.42 Å². The van der Waals surface area contributed by atoms with Crippen LogP contribution in [0, 0.1) is 5.41 Å². The SMILES string of the molecule is CCCc1nc(C2CN(C(=O)Nc3ccc4c(c3)OCCO4)CC23CCC3)n[nH]1. The average molecular weight is 397 g/mol. The molecule has 0 radical (unpaired) electrons. The van der Waals surface area contributed by atoms with Gasteiger partial charge < -0.3 is 19.7 Å². The highest BCUT2D eigenvalue weighted by Crippen LogP contribution is 2.55. The number of aromatic nitrogens is 3. The van der Waals surface area contributed by atoms with Crippen molar-refractivity contribution in [1.29, 1.82) is 0 Å². The minimum absolute atomic E-state index is 0.0835. The maximum atomic E-state index is 13.0. The Balaban J connectivity index is 1.30. The van der Waals surface area contributed by atoms with Gasteiger partial charge in [-0.05, 0) is 36.8 Å². The lowest BCUT2D eigenvalue weighted by Crippen LogP contribution is -2.39. The highest BCUT2D eigenvalue weighted by Gasteiger charge is 2.53. The fourth-order valence-electron chi connectivity index (χ4n) is 4.75. The Hall–Kier alpha value is -2.77. The van der Waals surface area contributed by atoms with E-state index in [0.717, 1.165) is 49.6 Å². The van der Waals surface area contributed by atoms with Crippen LogP contribution in [-0.4, -0.2) is 52.4 Å². The summed E-state index contributed by atoms with van der Waals surface area (Å²) in [5.74, 6) is 3.40. The molecule has 5 rings (SSSR count). The third-order valence-electron chi connectivity index (χ3n) is 6.43. The Morgan fingerprint density at radius 2 is 2.14 bits per heavy atom. The molecular weight excluding hydrogens is 370 g/mol. The summed E-state index contributed by atoms with van der Waals surface area (Å²) < 4.78 is 11.2. The second-order valence-electron chi connectivity index (χ2n) is 8.33. The number of hydrogen-bond donors (Lipinski definition) is 2. The number of aryl methyl sites for hydroxylation is 1. The Labute approximate surface area is 170 Å². The summed E-state index contributed by atoms with van der Waals surface area (Å²) in [7, 11) is 0. The predicted octanol–water partition coefficient (Wildman–Crippen LogP) is 3.33. The number of anilines is 1. The van der Waals surface area contributed by atoms with Crippen molar-refractivity contribution >= 4 is 11.7 Å². The highest BCUT2D eigenvalue weighted by atomic mass is 16.6. The van der Waals surface area contributed by atoms with Crippen molar-refractivity contribution in [3.63, 3.8) is 0 Å². The number of nitrogens with one attached hydrogen (secondary N) is 2. The van der Waals surface area contributed by atoms with Gasteiger partial charge in [0, 0.05) is 37.2 Å². The summed E-state index contributed by atoms with van der Waals surface area (Å²) in [6, 6.07) is 5.43. The van der Waals surface area contributed by atoms with Crippen molar-refractivity contribution in [1.82, 2.24) is 20.1 Å². The number of rotatable bonds is 4. The minimum atomic E-state index is -0.0835. The summed E-state index contributed by atoms with van der Waals surface area (Å²) in [6.07, 6.45) is 5.40. The molecule has 2 aliphatic heterocycles. The number of amides is 2. The number of hydrogen-bond acceptors (Lipinski definition) is 5. The molecule has 8 nitrogen and oxygen atoms in total. The van der Waals surface area contributed by atoms with E-state index in [9.17, 15) is 4.79 Å². The first-order valence-corrected chi connectivity index (χ1v) is 10.5. The molecule has 2 N–H and O–H groups in total. The summed E-state index contributed by atoms with van der Waals surface area (Å²) in [5.41, 5.74) is 0.837. The van der Waals surface area contributed by atoms with Gasteiger partial charge in [0.15, 0.2) is 17.3 Å². The summed E-state index contributed by atoms with van der Waals surface area (Å²) in [4.78, 5) is 19.6. The van der Waals surface area contributed by atoms with Crippen LogP contribution in [0.25, 0.3) is 0 Å². The molecule has 8 heteroatoms. The van der Waals surface area contributed by atoms with E-state index in [4.69, 9.17) is 14.5 Å².